The average molecular weight is 299 g/mol. The summed E-state index contributed by atoms with van der Waals surface area (Å²) >= 11 is 3.37. The lowest BCUT2D eigenvalue weighted by atomic mass is 10.3. The fraction of sp³-hybridized carbons (Fsp3) is 0.462. The van der Waals surface area contributed by atoms with Crippen molar-refractivity contribution in [2.75, 3.05) is 18.4 Å². The summed E-state index contributed by atoms with van der Waals surface area (Å²) in [4.78, 5) is 13.8. The van der Waals surface area contributed by atoms with Crippen molar-refractivity contribution in [2.45, 2.75) is 26.7 Å². The average Bonchev–Trinajstić information content (AvgIpc) is 2.32. The third-order valence-corrected chi connectivity index (χ3v) is 2.90. The molecule has 1 aromatic carbocycles. The van der Waals surface area contributed by atoms with Crippen LogP contribution in [0, 0.1) is 0 Å². The molecule has 1 rings (SSSR count). The lowest BCUT2D eigenvalue weighted by molar-refractivity contribution is 0.211. The van der Waals surface area contributed by atoms with Crippen LogP contribution in [0.3, 0.4) is 0 Å². The van der Waals surface area contributed by atoms with E-state index in [1.165, 1.54) is 0 Å². The molecule has 0 unspecified atom stereocenters. The van der Waals surface area contributed by atoms with Crippen molar-refractivity contribution in [3.05, 3.63) is 28.7 Å². The Kier molecular flexibility index (Phi) is 6.05. The highest BCUT2D eigenvalue weighted by Gasteiger charge is 2.11. The Hall–Kier alpha value is -1.03. The van der Waals surface area contributed by atoms with E-state index >= 15 is 0 Å². The largest absolute Gasteiger partial charge is 0.325 e. The van der Waals surface area contributed by atoms with Crippen molar-refractivity contribution in [1.29, 1.82) is 0 Å². The predicted octanol–water partition coefficient (Wildman–Crippen LogP) is 4.10. The highest BCUT2D eigenvalue weighted by atomic mass is 79.9. The predicted molar refractivity (Wildman–Crippen MR) is 75.3 cm³/mol. The normalized spacial score (nSPS) is 10.1. The molecule has 0 aliphatic heterocycles. The van der Waals surface area contributed by atoms with E-state index in [0.717, 1.165) is 36.1 Å². The van der Waals surface area contributed by atoms with E-state index in [2.05, 4.69) is 35.1 Å². The molecule has 17 heavy (non-hydrogen) atoms. The molecule has 0 spiro atoms. The number of nitrogens with zero attached hydrogens (tertiary/aromatic N) is 1. The van der Waals surface area contributed by atoms with E-state index in [1.807, 2.05) is 29.2 Å². The van der Waals surface area contributed by atoms with Crippen molar-refractivity contribution >= 4 is 27.6 Å². The van der Waals surface area contributed by atoms with Crippen LogP contribution in [0.1, 0.15) is 26.7 Å². The Morgan fingerprint density at radius 2 is 1.71 bits per heavy atom. The lowest BCUT2D eigenvalue weighted by Crippen LogP contribution is -2.36. The zero-order valence-corrected chi connectivity index (χ0v) is 12.0. The summed E-state index contributed by atoms with van der Waals surface area (Å²) in [5, 5.41) is 2.90. The number of hydrogen-bond donors (Lipinski definition) is 1. The van der Waals surface area contributed by atoms with E-state index in [1.54, 1.807) is 0 Å². The topological polar surface area (TPSA) is 32.3 Å². The summed E-state index contributed by atoms with van der Waals surface area (Å²) in [6.45, 7) is 5.76. The van der Waals surface area contributed by atoms with Gasteiger partial charge in [0.2, 0.25) is 0 Å². The van der Waals surface area contributed by atoms with Gasteiger partial charge in [0.25, 0.3) is 0 Å². The van der Waals surface area contributed by atoms with Crippen LogP contribution >= 0.6 is 15.9 Å². The standard InChI is InChI=1S/C13H19BrN2O/c1-3-9-16(10-4-2)13(17)15-12-7-5-11(14)6-8-12/h5-8H,3-4,9-10H2,1-2H3,(H,15,17). The third-order valence-electron chi connectivity index (χ3n) is 2.37. The van der Waals surface area contributed by atoms with Gasteiger partial charge < -0.3 is 10.2 Å². The van der Waals surface area contributed by atoms with E-state index in [4.69, 9.17) is 0 Å². The van der Waals surface area contributed by atoms with Crippen molar-refractivity contribution < 1.29 is 4.79 Å². The van der Waals surface area contributed by atoms with Crippen LogP contribution in [0.25, 0.3) is 0 Å². The minimum atomic E-state index is -0.0176. The second-order valence-electron chi connectivity index (χ2n) is 3.92. The number of anilines is 1. The first-order valence-electron chi connectivity index (χ1n) is 5.98. The maximum absolute atomic E-state index is 12.0. The van der Waals surface area contributed by atoms with E-state index in [-0.39, 0.29) is 6.03 Å². The second kappa shape index (κ2) is 7.33. The van der Waals surface area contributed by atoms with Crippen LogP contribution in [0.15, 0.2) is 28.7 Å². The molecule has 0 saturated carbocycles. The van der Waals surface area contributed by atoms with Crippen LogP contribution in [0.2, 0.25) is 0 Å². The molecular weight excluding hydrogens is 280 g/mol. The molecule has 3 nitrogen and oxygen atoms in total. The maximum atomic E-state index is 12.0. The molecule has 0 aromatic heterocycles. The Bertz CT molecular complexity index is 345. The van der Waals surface area contributed by atoms with Gasteiger partial charge in [-0.15, -0.1) is 0 Å². The molecule has 0 bridgehead atoms. The Balaban J connectivity index is 2.59. The van der Waals surface area contributed by atoms with Crippen LogP contribution in [0.4, 0.5) is 10.5 Å². The van der Waals surface area contributed by atoms with Gasteiger partial charge >= 0.3 is 6.03 Å². The molecular formula is C13H19BrN2O. The highest BCUT2D eigenvalue weighted by Crippen LogP contribution is 2.14. The van der Waals surface area contributed by atoms with Gasteiger partial charge in [0.05, 0.1) is 0 Å². The number of urea groups is 1. The molecule has 4 heteroatoms. The number of halogens is 1. The minimum absolute atomic E-state index is 0.0176. The van der Waals surface area contributed by atoms with Crippen molar-refractivity contribution in [3.63, 3.8) is 0 Å². The summed E-state index contributed by atoms with van der Waals surface area (Å²) in [6.07, 6.45) is 1.96. The quantitative estimate of drug-likeness (QED) is 0.872. The molecule has 1 aromatic rings. The number of rotatable bonds is 5. The molecule has 0 aliphatic carbocycles. The summed E-state index contributed by atoms with van der Waals surface area (Å²) in [5.41, 5.74) is 0.829. The Morgan fingerprint density at radius 1 is 1.18 bits per heavy atom. The number of nitrogens with one attached hydrogen (secondary N) is 1. The zero-order valence-electron chi connectivity index (χ0n) is 10.4. The number of benzene rings is 1. The van der Waals surface area contributed by atoms with Gasteiger partial charge in [0.15, 0.2) is 0 Å². The van der Waals surface area contributed by atoms with Crippen LogP contribution < -0.4 is 5.32 Å². The second-order valence-corrected chi connectivity index (χ2v) is 4.84. The van der Waals surface area contributed by atoms with Gasteiger partial charge in [-0.2, -0.15) is 0 Å². The van der Waals surface area contributed by atoms with Crippen LogP contribution in [-0.2, 0) is 0 Å². The lowest BCUT2D eigenvalue weighted by Gasteiger charge is -2.21. The van der Waals surface area contributed by atoms with Crippen molar-refractivity contribution in [1.82, 2.24) is 4.90 Å². The Labute approximate surface area is 111 Å². The van der Waals surface area contributed by atoms with Gasteiger partial charge in [0, 0.05) is 23.2 Å². The van der Waals surface area contributed by atoms with Crippen LogP contribution in [-0.4, -0.2) is 24.0 Å². The fourth-order valence-corrected chi connectivity index (χ4v) is 1.85. The zero-order chi connectivity index (χ0) is 12.7. The molecule has 0 heterocycles. The van der Waals surface area contributed by atoms with Gasteiger partial charge in [0.1, 0.15) is 0 Å². The van der Waals surface area contributed by atoms with E-state index < -0.39 is 0 Å². The van der Waals surface area contributed by atoms with Gasteiger partial charge in [-0.25, -0.2) is 4.79 Å². The molecule has 2 amide bonds. The first-order chi connectivity index (χ1) is 8.17. The van der Waals surface area contributed by atoms with Gasteiger partial charge in [-0.1, -0.05) is 29.8 Å². The summed E-state index contributed by atoms with van der Waals surface area (Å²) in [5.74, 6) is 0. The number of carbonyl (C=O) groups is 1. The van der Waals surface area contributed by atoms with Crippen LogP contribution in [0.5, 0.6) is 0 Å². The monoisotopic (exact) mass is 298 g/mol. The first-order valence-corrected chi connectivity index (χ1v) is 6.78. The molecule has 0 radical (unpaired) electrons. The number of carbonyl (C=O) groups excluding carboxylic acids is 1. The van der Waals surface area contributed by atoms with Crippen molar-refractivity contribution in [3.8, 4) is 0 Å². The van der Waals surface area contributed by atoms with Gasteiger partial charge in [-0.05, 0) is 37.1 Å². The summed E-state index contributed by atoms with van der Waals surface area (Å²) < 4.78 is 1.01. The highest BCUT2D eigenvalue weighted by molar-refractivity contribution is 9.10. The molecule has 0 saturated heterocycles. The maximum Gasteiger partial charge on any atom is 0.321 e. The molecule has 1 N–H and O–H groups in total. The molecule has 0 atom stereocenters. The van der Waals surface area contributed by atoms with Gasteiger partial charge in [-0.3, -0.25) is 0 Å². The Morgan fingerprint density at radius 3 is 2.18 bits per heavy atom. The van der Waals surface area contributed by atoms with Crippen molar-refractivity contribution in [2.24, 2.45) is 0 Å². The summed E-state index contributed by atoms with van der Waals surface area (Å²) in [6, 6.07) is 7.59. The molecule has 0 aliphatic rings. The molecule has 0 fully saturated rings. The molecule has 94 valence electrons. The number of hydrogen-bond acceptors (Lipinski definition) is 1. The van der Waals surface area contributed by atoms with E-state index in [0.29, 0.717) is 0 Å². The fourth-order valence-electron chi connectivity index (χ4n) is 1.59. The minimum Gasteiger partial charge on any atom is -0.325 e. The van der Waals surface area contributed by atoms with E-state index in [9.17, 15) is 4.79 Å². The SMILES string of the molecule is CCCN(CCC)C(=O)Nc1ccc(Br)cc1. The number of amides is 2. The first kappa shape index (κ1) is 14.0. The summed E-state index contributed by atoms with van der Waals surface area (Å²) in [7, 11) is 0. The third kappa shape index (κ3) is 4.77. The smallest absolute Gasteiger partial charge is 0.321 e.